The molecule has 86 valence electrons. The van der Waals surface area contributed by atoms with E-state index in [9.17, 15) is 8.42 Å². The fourth-order valence-electron chi connectivity index (χ4n) is 1.04. The number of sulfonamides is 1. The number of rotatable bonds is 5. The van der Waals surface area contributed by atoms with Gasteiger partial charge >= 0.3 is 0 Å². The quantitative estimate of drug-likeness (QED) is 0.742. The standard InChI is InChI=1S/C9H22N2O2S/c1-8(2)6-14(12,13)11(5)9(3,4)7-10/h8H,6-7,10H2,1-5H3. The summed E-state index contributed by atoms with van der Waals surface area (Å²) in [4.78, 5) is 0. The molecule has 0 atom stereocenters. The Morgan fingerprint density at radius 1 is 1.36 bits per heavy atom. The average Bonchev–Trinajstić information content (AvgIpc) is 2.00. The van der Waals surface area contributed by atoms with Crippen LogP contribution in [-0.4, -0.2) is 37.6 Å². The van der Waals surface area contributed by atoms with E-state index in [0.29, 0.717) is 6.54 Å². The van der Waals surface area contributed by atoms with Gasteiger partial charge in [-0.1, -0.05) is 13.8 Å². The molecule has 0 aliphatic rings. The molecule has 0 unspecified atom stereocenters. The van der Waals surface area contributed by atoms with E-state index >= 15 is 0 Å². The number of hydrogen-bond acceptors (Lipinski definition) is 3. The van der Waals surface area contributed by atoms with Gasteiger partial charge in [0.15, 0.2) is 0 Å². The zero-order valence-electron chi connectivity index (χ0n) is 9.74. The van der Waals surface area contributed by atoms with Gasteiger partial charge in [-0.15, -0.1) is 0 Å². The van der Waals surface area contributed by atoms with Crippen molar-refractivity contribution in [3.63, 3.8) is 0 Å². The van der Waals surface area contributed by atoms with E-state index in [-0.39, 0.29) is 11.7 Å². The van der Waals surface area contributed by atoms with Crippen molar-refractivity contribution in [2.75, 3.05) is 19.3 Å². The minimum atomic E-state index is -3.18. The van der Waals surface area contributed by atoms with Crippen molar-refractivity contribution < 1.29 is 8.42 Å². The normalized spacial score (nSPS) is 14.0. The van der Waals surface area contributed by atoms with E-state index in [1.54, 1.807) is 7.05 Å². The lowest BCUT2D eigenvalue weighted by Gasteiger charge is -2.33. The molecule has 4 nitrogen and oxygen atoms in total. The van der Waals surface area contributed by atoms with Crippen molar-refractivity contribution in [1.29, 1.82) is 0 Å². The third-order valence-electron chi connectivity index (χ3n) is 2.31. The molecule has 0 spiro atoms. The molecule has 0 aromatic carbocycles. The lowest BCUT2D eigenvalue weighted by atomic mass is 10.1. The van der Waals surface area contributed by atoms with Crippen LogP contribution < -0.4 is 5.73 Å². The van der Waals surface area contributed by atoms with Crippen LogP contribution in [0.25, 0.3) is 0 Å². The lowest BCUT2D eigenvalue weighted by Crippen LogP contribution is -2.50. The molecule has 5 heteroatoms. The highest BCUT2D eigenvalue weighted by Crippen LogP contribution is 2.16. The van der Waals surface area contributed by atoms with Crippen molar-refractivity contribution >= 4 is 10.0 Å². The molecule has 14 heavy (non-hydrogen) atoms. The van der Waals surface area contributed by atoms with Crippen LogP contribution in [0, 0.1) is 5.92 Å². The van der Waals surface area contributed by atoms with Crippen LogP contribution in [0.4, 0.5) is 0 Å². The Labute approximate surface area is 87.5 Å². The molecular formula is C9H22N2O2S. The molecule has 0 aliphatic carbocycles. The molecule has 0 amide bonds. The molecule has 0 bridgehead atoms. The third-order valence-corrected chi connectivity index (χ3v) is 4.73. The largest absolute Gasteiger partial charge is 0.329 e. The van der Waals surface area contributed by atoms with Gasteiger partial charge in [0.2, 0.25) is 10.0 Å². The van der Waals surface area contributed by atoms with E-state index in [1.165, 1.54) is 4.31 Å². The van der Waals surface area contributed by atoms with Crippen molar-refractivity contribution in [3.8, 4) is 0 Å². The van der Waals surface area contributed by atoms with Gasteiger partial charge in [-0.3, -0.25) is 0 Å². The molecule has 0 aromatic rings. The second-order valence-corrected chi connectivity index (χ2v) is 6.70. The molecule has 0 saturated heterocycles. The number of hydrogen-bond donors (Lipinski definition) is 1. The Morgan fingerprint density at radius 3 is 2.07 bits per heavy atom. The summed E-state index contributed by atoms with van der Waals surface area (Å²) in [6.45, 7) is 7.75. The molecule has 0 heterocycles. The topological polar surface area (TPSA) is 63.4 Å². The van der Waals surface area contributed by atoms with E-state index in [2.05, 4.69) is 0 Å². The van der Waals surface area contributed by atoms with Gasteiger partial charge in [-0.25, -0.2) is 8.42 Å². The molecule has 0 aliphatic heterocycles. The summed E-state index contributed by atoms with van der Waals surface area (Å²) in [6.07, 6.45) is 0. The molecule has 0 saturated carbocycles. The SMILES string of the molecule is CC(C)CS(=O)(=O)N(C)C(C)(C)CN. The first kappa shape index (κ1) is 13.9. The van der Waals surface area contributed by atoms with Crippen LogP contribution in [0.3, 0.4) is 0 Å². The number of likely N-dealkylation sites (N-methyl/N-ethyl adjacent to an activating group) is 1. The van der Waals surface area contributed by atoms with Crippen molar-refractivity contribution in [2.45, 2.75) is 33.2 Å². The van der Waals surface area contributed by atoms with Crippen LogP contribution in [0.15, 0.2) is 0 Å². The zero-order valence-corrected chi connectivity index (χ0v) is 10.6. The van der Waals surface area contributed by atoms with Crippen LogP contribution in [0.2, 0.25) is 0 Å². The van der Waals surface area contributed by atoms with Gasteiger partial charge in [-0.05, 0) is 19.8 Å². The summed E-state index contributed by atoms with van der Waals surface area (Å²) in [5.74, 6) is 0.309. The summed E-state index contributed by atoms with van der Waals surface area (Å²) < 4.78 is 25.0. The van der Waals surface area contributed by atoms with Gasteiger partial charge in [0.1, 0.15) is 0 Å². The Bertz CT molecular complexity index is 271. The molecule has 0 aromatic heterocycles. The fourth-order valence-corrected chi connectivity index (χ4v) is 2.93. The lowest BCUT2D eigenvalue weighted by molar-refractivity contribution is 0.273. The Morgan fingerprint density at radius 2 is 1.79 bits per heavy atom. The van der Waals surface area contributed by atoms with Gasteiger partial charge < -0.3 is 5.73 Å². The molecule has 0 fully saturated rings. The number of nitrogens with zero attached hydrogens (tertiary/aromatic N) is 1. The first-order chi connectivity index (χ1) is 6.13. The highest BCUT2D eigenvalue weighted by Gasteiger charge is 2.31. The van der Waals surface area contributed by atoms with E-state index in [0.717, 1.165) is 0 Å². The zero-order chi connectivity index (χ0) is 11.6. The fraction of sp³-hybridized carbons (Fsp3) is 1.00. The highest BCUT2D eigenvalue weighted by molar-refractivity contribution is 7.89. The van der Waals surface area contributed by atoms with Crippen LogP contribution in [-0.2, 0) is 10.0 Å². The predicted octanol–water partition coefficient (Wildman–Crippen LogP) is 0.641. The predicted molar refractivity (Wildman–Crippen MR) is 59.5 cm³/mol. The molecule has 0 radical (unpaired) electrons. The molecular weight excluding hydrogens is 200 g/mol. The smallest absolute Gasteiger partial charge is 0.214 e. The number of nitrogens with two attached hydrogens (primary N) is 1. The third kappa shape index (κ3) is 3.55. The summed E-state index contributed by atoms with van der Waals surface area (Å²) in [6, 6.07) is 0. The Hall–Kier alpha value is -0.130. The highest BCUT2D eigenvalue weighted by atomic mass is 32.2. The first-order valence-electron chi connectivity index (χ1n) is 4.80. The maximum absolute atomic E-state index is 11.8. The van der Waals surface area contributed by atoms with Crippen LogP contribution in [0.5, 0.6) is 0 Å². The monoisotopic (exact) mass is 222 g/mol. The van der Waals surface area contributed by atoms with Crippen molar-refractivity contribution in [3.05, 3.63) is 0 Å². The van der Waals surface area contributed by atoms with Crippen molar-refractivity contribution in [2.24, 2.45) is 11.7 Å². The Kier molecular flexibility index (Phi) is 4.55. The summed E-state index contributed by atoms with van der Waals surface area (Å²) >= 11 is 0. The first-order valence-corrected chi connectivity index (χ1v) is 6.41. The Balaban J connectivity index is 4.76. The maximum Gasteiger partial charge on any atom is 0.214 e. The van der Waals surface area contributed by atoms with Gasteiger partial charge in [0, 0.05) is 19.1 Å². The van der Waals surface area contributed by atoms with Crippen LogP contribution >= 0.6 is 0 Å². The second kappa shape index (κ2) is 4.59. The van der Waals surface area contributed by atoms with Crippen LogP contribution in [0.1, 0.15) is 27.7 Å². The van der Waals surface area contributed by atoms with Gasteiger partial charge in [-0.2, -0.15) is 4.31 Å². The molecule has 2 N–H and O–H groups in total. The summed E-state index contributed by atoms with van der Waals surface area (Å²) in [7, 11) is -1.59. The molecule has 0 rings (SSSR count). The second-order valence-electron chi connectivity index (χ2n) is 4.66. The van der Waals surface area contributed by atoms with E-state index < -0.39 is 15.6 Å². The minimum Gasteiger partial charge on any atom is -0.329 e. The summed E-state index contributed by atoms with van der Waals surface area (Å²) in [5, 5.41) is 0. The van der Waals surface area contributed by atoms with Gasteiger partial charge in [0.25, 0.3) is 0 Å². The van der Waals surface area contributed by atoms with E-state index in [4.69, 9.17) is 5.73 Å². The minimum absolute atomic E-state index is 0.135. The van der Waals surface area contributed by atoms with Crippen molar-refractivity contribution in [1.82, 2.24) is 4.31 Å². The van der Waals surface area contributed by atoms with Gasteiger partial charge in [0.05, 0.1) is 5.75 Å². The maximum atomic E-state index is 11.8. The summed E-state index contributed by atoms with van der Waals surface area (Å²) in [5.41, 5.74) is 5.02. The average molecular weight is 222 g/mol. The van der Waals surface area contributed by atoms with E-state index in [1.807, 2.05) is 27.7 Å².